The van der Waals surface area contributed by atoms with Crippen molar-refractivity contribution in [1.82, 2.24) is 14.7 Å². The Hall–Kier alpha value is -1.73. The van der Waals surface area contributed by atoms with Crippen LogP contribution in [0.5, 0.6) is 0 Å². The number of urea groups is 1. The van der Waals surface area contributed by atoms with Crippen molar-refractivity contribution in [1.29, 1.82) is 0 Å². The van der Waals surface area contributed by atoms with Crippen molar-refractivity contribution in [2.75, 3.05) is 13.2 Å². The molecule has 0 spiro atoms. The molecule has 2 aliphatic heterocycles. The van der Waals surface area contributed by atoms with Crippen LogP contribution < -0.4 is 0 Å². The summed E-state index contributed by atoms with van der Waals surface area (Å²) in [7, 11) is 0. The molecule has 0 aromatic carbocycles. The Labute approximate surface area is 174 Å². The smallest absolute Gasteiger partial charge is 0.278 e. The van der Waals surface area contributed by atoms with Crippen molar-refractivity contribution in [3.05, 3.63) is 22.4 Å². The number of nitrogens with zero attached hydrogens (tertiary/aromatic N) is 3. The lowest BCUT2D eigenvalue weighted by atomic mass is 9.52. The van der Waals surface area contributed by atoms with E-state index in [4.69, 9.17) is 0 Å². The molecule has 1 aromatic heterocycles. The number of carbonyl (C=O) groups excluding carboxylic acids is 3. The highest BCUT2D eigenvalue weighted by molar-refractivity contribution is 7.10. The van der Waals surface area contributed by atoms with Crippen molar-refractivity contribution < 1.29 is 14.4 Å². The largest absolute Gasteiger partial charge is 0.335 e. The highest BCUT2D eigenvalue weighted by Crippen LogP contribution is 2.58. The van der Waals surface area contributed by atoms with Gasteiger partial charge in [-0.2, -0.15) is 0 Å². The fourth-order valence-corrected chi connectivity index (χ4v) is 8.26. The molecule has 4 saturated carbocycles. The van der Waals surface area contributed by atoms with Crippen LogP contribution in [0.15, 0.2) is 17.5 Å². The Bertz CT molecular complexity index is 831. The standard InChI is InChI=1S/C22H27N3O3S/c26-19-20(27)25(22-10-14-7-15(11-22)9-16(8-14)12-22)21(28)24(19)13-23-5-1-3-17(23)18-4-2-6-29-18/h2,4,6,14-17H,1,3,5,7-13H2/t14?,15?,16?,17-,22?/m1/s1. The summed E-state index contributed by atoms with van der Waals surface area (Å²) < 4.78 is 0. The van der Waals surface area contributed by atoms with E-state index >= 15 is 0 Å². The van der Waals surface area contributed by atoms with Crippen LogP contribution in [0.2, 0.25) is 0 Å². The molecular weight excluding hydrogens is 386 g/mol. The van der Waals surface area contributed by atoms with Crippen molar-refractivity contribution in [2.45, 2.75) is 62.9 Å². The van der Waals surface area contributed by atoms with Crippen LogP contribution >= 0.6 is 11.3 Å². The summed E-state index contributed by atoms with van der Waals surface area (Å²) >= 11 is 1.72. The van der Waals surface area contributed by atoms with Gasteiger partial charge in [0, 0.05) is 17.5 Å². The molecule has 0 radical (unpaired) electrons. The zero-order valence-corrected chi connectivity index (χ0v) is 17.4. The minimum absolute atomic E-state index is 0.231. The molecule has 0 N–H and O–H groups in total. The molecule has 1 aromatic rings. The van der Waals surface area contributed by atoms with E-state index in [1.165, 1.54) is 33.9 Å². The van der Waals surface area contributed by atoms with E-state index in [0.717, 1.165) is 38.6 Å². The van der Waals surface area contributed by atoms with E-state index < -0.39 is 17.4 Å². The van der Waals surface area contributed by atoms with Gasteiger partial charge in [-0.25, -0.2) is 14.6 Å². The third kappa shape index (κ3) is 2.66. The number of amides is 4. The van der Waals surface area contributed by atoms with Gasteiger partial charge in [0.1, 0.15) is 0 Å². The third-order valence-electron chi connectivity index (χ3n) is 8.09. The second-order valence-electron chi connectivity index (χ2n) is 9.93. The zero-order chi connectivity index (χ0) is 19.8. The maximum absolute atomic E-state index is 13.4. The fraction of sp³-hybridized carbons (Fsp3) is 0.682. The van der Waals surface area contributed by atoms with E-state index in [-0.39, 0.29) is 18.7 Å². The molecular formula is C22H27N3O3S. The van der Waals surface area contributed by atoms with Crippen LogP contribution in [0.1, 0.15) is 62.3 Å². The van der Waals surface area contributed by atoms with Gasteiger partial charge < -0.3 is 0 Å². The van der Waals surface area contributed by atoms with Crippen LogP contribution in [0, 0.1) is 17.8 Å². The Kier molecular flexibility index (Phi) is 3.98. The van der Waals surface area contributed by atoms with E-state index in [9.17, 15) is 14.4 Å². The van der Waals surface area contributed by atoms with Crippen molar-refractivity contribution >= 4 is 29.2 Å². The fourth-order valence-electron chi connectivity index (χ4n) is 7.37. The third-order valence-corrected chi connectivity index (χ3v) is 9.07. The zero-order valence-electron chi connectivity index (χ0n) is 16.6. The normalized spacial score (nSPS) is 39.4. The maximum atomic E-state index is 13.4. The number of rotatable bonds is 4. The molecule has 6 aliphatic rings. The summed E-state index contributed by atoms with van der Waals surface area (Å²) in [6.45, 7) is 1.08. The second-order valence-corrected chi connectivity index (χ2v) is 10.9. The first-order chi connectivity index (χ1) is 14.0. The molecule has 4 aliphatic carbocycles. The van der Waals surface area contributed by atoms with Gasteiger partial charge in [0.15, 0.2) is 0 Å². The van der Waals surface area contributed by atoms with E-state index in [1.54, 1.807) is 11.3 Å². The first-order valence-electron chi connectivity index (χ1n) is 11.0. The summed E-state index contributed by atoms with van der Waals surface area (Å²) in [4.78, 5) is 45.4. The second kappa shape index (κ2) is 6.38. The molecule has 4 amide bonds. The SMILES string of the molecule is O=C1C(=O)N(C23CC4CC(CC(C4)C2)C3)C(=O)N1CN1CCC[C@@H]1c1cccs1. The quantitative estimate of drug-likeness (QED) is 0.559. The highest BCUT2D eigenvalue weighted by Gasteiger charge is 2.61. The molecule has 4 bridgehead atoms. The van der Waals surface area contributed by atoms with Crippen LogP contribution in [0.4, 0.5) is 4.79 Å². The molecule has 154 valence electrons. The summed E-state index contributed by atoms with van der Waals surface area (Å²) in [5.41, 5.74) is -0.397. The molecule has 6 fully saturated rings. The maximum Gasteiger partial charge on any atom is 0.335 e. The van der Waals surface area contributed by atoms with E-state index in [2.05, 4.69) is 16.3 Å². The summed E-state index contributed by atoms with van der Waals surface area (Å²) in [5.74, 6) is 0.653. The van der Waals surface area contributed by atoms with Gasteiger partial charge in [0.25, 0.3) is 0 Å². The van der Waals surface area contributed by atoms with Gasteiger partial charge in [-0.05, 0) is 80.6 Å². The lowest BCUT2D eigenvalue weighted by Gasteiger charge is -2.58. The molecule has 0 unspecified atom stereocenters. The first kappa shape index (κ1) is 18.1. The number of hydrogen-bond acceptors (Lipinski definition) is 5. The van der Waals surface area contributed by atoms with Gasteiger partial charge in [0.2, 0.25) is 0 Å². The Morgan fingerprint density at radius 1 is 1.00 bits per heavy atom. The minimum Gasteiger partial charge on any atom is -0.278 e. The lowest BCUT2D eigenvalue weighted by Crippen LogP contribution is -2.62. The number of imide groups is 2. The van der Waals surface area contributed by atoms with Gasteiger partial charge in [0.05, 0.1) is 12.2 Å². The van der Waals surface area contributed by atoms with Gasteiger partial charge in [-0.15, -0.1) is 11.3 Å². The predicted molar refractivity (Wildman–Crippen MR) is 108 cm³/mol. The molecule has 1 atom stereocenters. The van der Waals surface area contributed by atoms with E-state index in [1.807, 2.05) is 6.07 Å². The van der Waals surface area contributed by atoms with Crippen molar-refractivity contribution in [2.24, 2.45) is 17.8 Å². The highest BCUT2D eigenvalue weighted by atomic mass is 32.1. The summed E-state index contributed by atoms with van der Waals surface area (Å²) in [5, 5.41) is 2.07. The van der Waals surface area contributed by atoms with Crippen LogP contribution in [0.25, 0.3) is 0 Å². The van der Waals surface area contributed by atoms with Crippen LogP contribution in [-0.4, -0.2) is 51.3 Å². The van der Waals surface area contributed by atoms with E-state index in [0.29, 0.717) is 17.8 Å². The Morgan fingerprint density at radius 3 is 2.31 bits per heavy atom. The van der Waals surface area contributed by atoms with Gasteiger partial charge in [-0.1, -0.05) is 6.07 Å². The number of likely N-dealkylation sites (tertiary alicyclic amines) is 1. The van der Waals surface area contributed by atoms with Crippen LogP contribution in [0.3, 0.4) is 0 Å². The molecule has 6 nitrogen and oxygen atoms in total. The molecule has 7 rings (SSSR count). The predicted octanol–water partition coefficient (Wildman–Crippen LogP) is 3.60. The number of thiophene rings is 1. The summed E-state index contributed by atoms with van der Waals surface area (Å²) in [6, 6.07) is 4.04. The molecule has 7 heteroatoms. The average molecular weight is 414 g/mol. The number of carbonyl (C=O) groups is 3. The van der Waals surface area contributed by atoms with Crippen molar-refractivity contribution in [3.63, 3.8) is 0 Å². The minimum atomic E-state index is -0.623. The molecule has 2 saturated heterocycles. The van der Waals surface area contributed by atoms with Crippen molar-refractivity contribution in [3.8, 4) is 0 Å². The topological polar surface area (TPSA) is 60.9 Å². The molecule has 29 heavy (non-hydrogen) atoms. The van der Waals surface area contributed by atoms with Crippen LogP contribution in [-0.2, 0) is 9.59 Å². The monoisotopic (exact) mass is 413 g/mol. The lowest BCUT2D eigenvalue weighted by molar-refractivity contribution is -0.150. The number of hydrogen-bond donors (Lipinski definition) is 0. The Balaban J connectivity index is 1.25. The van der Waals surface area contributed by atoms with Gasteiger partial charge in [-0.3, -0.25) is 14.5 Å². The molecule has 3 heterocycles. The Morgan fingerprint density at radius 2 is 1.69 bits per heavy atom. The first-order valence-corrected chi connectivity index (χ1v) is 11.9. The average Bonchev–Trinajstić information content (AvgIpc) is 3.38. The summed E-state index contributed by atoms with van der Waals surface area (Å²) in [6.07, 6.45) is 8.50. The van der Waals surface area contributed by atoms with Gasteiger partial charge >= 0.3 is 17.8 Å².